The van der Waals surface area contributed by atoms with Gasteiger partial charge in [-0.05, 0) is 47.7 Å². The Kier molecular flexibility index (Phi) is 9.71. The maximum Gasteiger partial charge on any atom is 0.243 e. The lowest BCUT2D eigenvalue weighted by atomic mass is 10.0. The lowest BCUT2D eigenvalue weighted by molar-refractivity contribution is -0.141. The van der Waals surface area contributed by atoms with Crippen LogP contribution in [0.15, 0.2) is 109 Å². The number of nitrogens with one attached hydrogen (secondary N) is 1. The van der Waals surface area contributed by atoms with Crippen LogP contribution in [0.3, 0.4) is 0 Å². The van der Waals surface area contributed by atoms with Crippen LogP contribution in [0.2, 0.25) is 5.02 Å². The number of hydrogen-bond donors (Lipinski definition) is 1. The monoisotopic (exact) mass is 524 g/mol. The molecule has 5 heteroatoms. The van der Waals surface area contributed by atoms with Crippen molar-refractivity contribution in [2.45, 2.75) is 45.3 Å². The zero-order valence-corrected chi connectivity index (χ0v) is 22.4. The molecule has 2 amide bonds. The first-order valence-corrected chi connectivity index (χ1v) is 13.3. The predicted molar refractivity (Wildman–Crippen MR) is 154 cm³/mol. The average molecular weight is 525 g/mol. The minimum atomic E-state index is -0.665. The van der Waals surface area contributed by atoms with Crippen molar-refractivity contribution in [2.24, 2.45) is 0 Å². The molecule has 1 atom stereocenters. The maximum atomic E-state index is 13.8. The largest absolute Gasteiger partial charge is 0.350 e. The summed E-state index contributed by atoms with van der Waals surface area (Å²) in [6.07, 6.45) is 1.35. The van der Waals surface area contributed by atoms with Gasteiger partial charge in [0.1, 0.15) is 6.04 Å². The number of aryl methyl sites for hydroxylation is 2. The molecule has 0 saturated carbocycles. The molecule has 0 heterocycles. The van der Waals surface area contributed by atoms with Crippen LogP contribution in [-0.4, -0.2) is 22.8 Å². The molecule has 194 valence electrons. The van der Waals surface area contributed by atoms with E-state index in [1.165, 1.54) is 5.56 Å². The summed E-state index contributed by atoms with van der Waals surface area (Å²) in [5, 5.41) is 3.72. The van der Waals surface area contributed by atoms with E-state index in [9.17, 15) is 9.59 Å². The van der Waals surface area contributed by atoms with Crippen molar-refractivity contribution < 1.29 is 9.59 Å². The van der Waals surface area contributed by atoms with Crippen LogP contribution >= 0.6 is 11.6 Å². The fourth-order valence-electron chi connectivity index (χ4n) is 4.39. The van der Waals surface area contributed by atoms with E-state index in [1.807, 2.05) is 116 Å². The summed E-state index contributed by atoms with van der Waals surface area (Å²) >= 11 is 6.11. The summed E-state index contributed by atoms with van der Waals surface area (Å²) in [5.74, 6) is -0.230. The number of carbonyl (C=O) groups is 2. The molecule has 4 nitrogen and oxygen atoms in total. The number of rotatable bonds is 11. The molecule has 1 N–H and O–H groups in total. The number of halogens is 1. The van der Waals surface area contributed by atoms with Crippen LogP contribution in [0.1, 0.15) is 34.2 Å². The highest BCUT2D eigenvalue weighted by atomic mass is 35.5. The Morgan fingerprint density at radius 2 is 1.32 bits per heavy atom. The molecule has 0 fully saturated rings. The zero-order chi connectivity index (χ0) is 26.7. The number of carbonyl (C=O) groups excluding carboxylic acids is 2. The molecule has 0 saturated heterocycles. The van der Waals surface area contributed by atoms with E-state index in [1.54, 1.807) is 4.90 Å². The minimum Gasteiger partial charge on any atom is -0.350 e. The van der Waals surface area contributed by atoms with Gasteiger partial charge < -0.3 is 10.2 Å². The van der Waals surface area contributed by atoms with Crippen molar-refractivity contribution in [2.75, 3.05) is 0 Å². The second-order valence-electron chi connectivity index (χ2n) is 9.54. The number of hydrogen-bond acceptors (Lipinski definition) is 2. The highest BCUT2D eigenvalue weighted by Crippen LogP contribution is 2.19. The molecule has 0 aliphatic carbocycles. The summed E-state index contributed by atoms with van der Waals surface area (Å²) in [5.41, 5.74) is 5.20. The van der Waals surface area contributed by atoms with Gasteiger partial charge in [-0.15, -0.1) is 0 Å². The Hall–Kier alpha value is -3.89. The van der Waals surface area contributed by atoms with Gasteiger partial charge in [-0.1, -0.05) is 114 Å². The molecule has 0 aliphatic heterocycles. The Bertz CT molecular complexity index is 1310. The van der Waals surface area contributed by atoms with Gasteiger partial charge in [0.2, 0.25) is 11.8 Å². The van der Waals surface area contributed by atoms with Gasteiger partial charge in [0.05, 0.1) is 0 Å². The van der Waals surface area contributed by atoms with Crippen LogP contribution in [0.5, 0.6) is 0 Å². The SMILES string of the molecule is Cc1ccc(CNC(=O)[C@@H](Cc2ccccc2)N(Cc2ccc(Cl)cc2)C(=O)CCc2ccccc2)cc1. The molecule has 0 unspecified atom stereocenters. The summed E-state index contributed by atoms with van der Waals surface area (Å²) in [6.45, 7) is 2.76. The van der Waals surface area contributed by atoms with Crippen molar-refractivity contribution >= 4 is 23.4 Å². The fourth-order valence-corrected chi connectivity index (χ4v) is 4.52. The summed E-state index contributed by atoms with van der Waals surface area (Å²) in [7, 11) is 0. The first-order chi connectivity index (χ1) is 18.5. The van der Waals surface area contributed by atoms with E-state index in [0.717, 1.165) is 22.3 Å². The van der Waals surface area contributed by atoms with Crippen molar-refractivity contribution in [1.82, 2.24) is 10.2 Å². The third-order valence-electron chi connectivity index (χ3n) is 6.59. The smallest absolute Gasteiger partial charge is 0.243 e. The molecule has 4 aromatic carbocycles. The van der Waals surface area contributed by atoms with Gasteiger partial charge >= 0.3 is 0 Å². The van der Waals surface area contributed by atoms with Crippen LogP contribution in [0.4, 0.5) is 0 Å². The van der Waals surface area contributed by atoms with Gasteiger partial charge in [0.25, 0.3) is 0 Å². The van der Waals surface area contributed by atoms with Crippen molar-refractivity contribution in [3.8, 4) is 0 Å². The van der Waals surface area contributed by atoms with Gasteiger partial charge in [0.15, 0.2) is 0 Å². The number of nitrogens with zero attached hydrogens (tertiary/aromatic N) is 1. The maximum absolute atomic E-state index is 13.8. The van der Waals surface area contributed by atoms with E-state index < -0.39 is 6.04 Å². The van der Waals surface area contributed by atoms with Gasteiger partial charge in [-0.2, -0.15) is 0 Å². The van der Waals surface area contributed by atoms with E-state index in [4.69, 9.17) is 11.6 Å². The van der Waals surface area contributed by atoms with E-state index >= 15 is 0 Å². The molecular formula is C33H33ClN2O2. The Balaban J connectivity index is 1.60. The summed E-state index contributed by atoms with van der Waals surface area (Å²) in [4.78, 5) is 29.2. The van der Waals surface area contributed by atoms with Crippen molar-refractivity contribution in [3.63, 3.8) is 0 Å². The van der Waals surface area contributed by atoms with Crippen LogP contribution < -0.4 is 5.32 Å². The van der Waals surface area contributed by atoms with Crippen LogP contribution in [0, 0.1) is 6.92 Å². The van der Waals surface area contributed by atoms with Crippen molar-refractivity contribution in [3.05, 3.63) is 142 Å². The molecule has 4 rings (SSSR count). The quantitative estimate of drug-likeness (QED) is 0.242. The van der Waals surface area contributed by atoms with E-state index in [0.29, 0.717) is 37.4 Å². The van der Waals surface area contributed by atoms with Crippen molar-refractivity contribution in [1.29, 1.82) is 0 Å². The molecule has 0 spiro atoms. The molecule has 0 aromatic heterocycles. The number of amides is 2. The molecule has 0 radical (unpaired) electrons. The predicted octanol–water partition coefficient (Wildman–Crippen LogP) is 6.54. The van der Waals surface area contributed by atoms with E-state index in [2.05, 4.69) is 5.32 Å². The molecule has 0 bridgehead atoms. The molecular weight excluding hydrogens is 492 g/mol. The van der Waals surface area contributed by atoms with Gasteiger partial charge in [-0.25, -0.2) is 0 Å². The summed E-state index contributed by atoms with van der Waals surface area (Å²) in [6, 6.07) is 34.7. The topological polar surface area (TPSA) is 49.4 Å². The Morgan fingerprint density at radius 1 is 0.737 bits per heavy atom. The highest BCUT2D eigenvalue weighted by Gasteiger charge is 2.30. The Morgan fingerprint density at radius 3 is 1.95 bits per heavy atom. The third kappa shape index (κ3) is 8.06. The van der Waals surface area contributed by atoms with Crippen LogP contribution in [0.25, 0.3) is 0 Å². The summed E-state index contributed by atoms with van der Waals surface area (Å²) < 4.78 is 0. The normalized spacial score (nSPS) is 11.5. The third-order valence-corrected chi connectivity index (χ3v) is 6.85. The lowest BCUT2D eigenvalue weighted by Crippen LogP contribution is -2.50. The van der Waals surface area contributed by atoms with Gasteiger partial charge in [-0.3, -0.25) is 9.59 Å². The molecule has 4 aromatic rings. The van der Waals surface area contributed by atoms with E-state index in [-0.39, 0.29) is 11.8 Å². The van der Waals surface area contributed by atoms with Gasteiger partial charge in [0, 0.05) is 31.0 Å². The molecule has 38 heavy (non-hydrogen) atoms. The number of benzene rings is 4. The zero-order valence-electron chi connectivity index (χ0n) is 21.6. The second kappa shape index (κ2) is 13.6. The minimum absolute atomic E-state index is 0.0600. The molecule has 0 aliphatic rings. The second-order valence-corrected chi connectivity index (χ2v) is 9.98. The average Bonchev–Trinajstić information content (AvgIpc) is 2.95. The van der Waals surface area contributed by atoms with Crippen LogP contribution in [-0.2, 0) is 35.5 Å². The highest BCUT2D eigenvalue weighted by molar-refractivity contribution is 6.30. The first-order valence-electron chi connectivity index (χ1n) is 12.9. The first kappa shape index (κ1) is 27.2. The lowest BCUT2D eigenvalue weighted by Gasteiger charge is -2.32. The Labute approximate surface area is 230 Å². The standard InChI is InChI=1S/C33H33ClN2O2/c1-25-12-14-28(15-13-25)23-35-33(38)31(22-27-10-6-3-7-11-27)36(24-29-16-19-30(34)20-17-29)32(37)21-18-26-8-4-2-5-9-26/h2-17,19-20,31H,18,21-24H2,1H3,(H,35,38)/t31-/m1/s1. The fraction of sp³-hybridized carbons (Fsp3) is 0.212.